The zero-order valence-corrected chi connectivity index (χ0v) is 8.77. The van der Waals surface area contributed by atoms with Gasteiger partial charge in [-0.2, -0.15) is 0 Å². The number of hydrogen-bond acceptors (Lipinski definition) is 1. The van der Waals surface area contributed by atoms with Gasteiger partial charge in [0.25, 0.3) is 0 Å². The first-order valence-corrected chi connectivity index (χ1v) is 5.25. The fourth-order valence-corrected chi connectivity index (χ4v) is 2.47. The minimum atomic E-state index is 0.605. The lowest BCUT2D eigenvalue weighted by Crippen LogP contribution is -2.15. The molecule has 2 N–H and O–H groups in total. The molecular formula is C11H23N. The number of rotatable bonds is 3. The largest absolute Gasteiger partial charge is 0.330 e. The molecule has 2 atom stereocenters. The van der Waals surface area contributed by atoms with Gasteiger partial charge in [0.1, 0.15) is 0 Å². The summed E-state index contributed by atoms with van der Waals surface area (Å²) in [6, 6.07) is 0. The first-order chi connectivity index (χ1) is 5.55. The Morgan fingerprint density at radius 2 is 2.17 bits per heavy atom. The summed E-state index contributed by atoms with van der Waals surface area (Å²) in [5.41, 5.74) is 6.17. The summed E-state index contributed by atoms with van der Waals surface area (Å²) in [6.07, 6.45) is 5.45. The maximum absolute atomic E-state index is 5.56. The van der Waals surface area contributed by atoms with Gasteiger partial charge in [0.2, 0.25) is 0 Å². The van der Waals surface area contributed by atoms with Crippen LogP contribution in [0, 0.1) is 17.3 Å². The van der Waals surface area contributed by atoms with E-state index in [9.17, 15) is 0 Å². The molecule has 1 saturated carbocycles. The van der Waals surface area contributed by atoms with Gasteiger partial charge < -0.3 is 5.73 Å². The normalized spacial score (nSPS) is 30.5. The molecule has 1 nitrogen and oxygen atoms in total. The summed E-state index contributed by atoms with van der Waals surface area (Å²) in [5, 5.41) is 0. The van der Waals surface area contributed by atoms with Crippen molar-refractivity contribution in [1.82, 2.24) is 0 Å². The van der Waals surface area contributed by atoms with Crippen molar-refractivity contribution in [1.29, 1.82) is 0 Å². The van der Waals surface area contributed by atoms with Crippen molar-refractivity contribution >= 4 is 0 Å². The van der Waals surface area contributed by atoms with Crippen LogP contribution < -0.4 is 5.73 Å². The average Bonchev–Trinajstić information content (AvgIpc) is 2.31. The second kappa shape index (κ2) is 3.78. The van der Waals surface area contributed by atoms with Crippen molar-refractivity contribution in [2.45, 2.75) is 46.5 Å². The molecule has 0 aromatic rings. The van der Waals surface area contributed by atoms with Crippen molar-refractivity contribution < 1.29 is 0 Å². The molecule has 0 spiro atoms. The third kappa shape index (κ3) is 2.48. The van der Waals surface area contributed by atoms with Gasteiger partial charge in [-0.25, -0.2) is 0 Å². The Morgan fingerprint density at radius 1 is 1.50 bits per heavy atom. The molecule has 0 aliphatic heterocycles. The summed E-state index contributed by atoms with van der Waals surface area (Å²) >= 11 is 0. The van der Waals surface area contributed by atoms with Crippen LogP contribution in [0.5, 0.6) is 0 Å². The molecule has 1 aliphatic carbocycles. The third-order valence-electron chi connectivity index (χ3n) is 3.43. The van der Waals surface area contributed by atoms with E-state index in [1.54, 1.807) is 0 Å². The molecular weight excluding hydrogens is 146 g/mol. The molecule has 0 saturated heterocycles. The molecule has 0 aromatic heterocycles. The summed E-state index contributed by atoms with van der Waals surface area (Å²) in [7, 11) is 0. The molecule has 0 heterocycles. The zero-order valence-electron chi connectivity index (χ0n) is 8.77. The Labute approximate surface area is 76.7 Å². The fraction of sp³-hybridized carbons (Fsp3) is 1.00. The molecule has 2 unspecified atom stereocenters. The standard InChI is InChI=1S/C11H23N/c1-9(5-7-12)10-4-6-11(2,3)8-10/h9-10H,4-8,12H2,1-3H3. The second-order valence-corrected chi connectivity index (χ2v) is 5.22. The van der Waals surface area contributed by atoms with Crippen LogP contribution >= 0.6 is 0 Å². The van der Waals surface area contributed by atoms with Crippen LogP contribution in [-0.2, 0) is 0 Å². The van der Waals surface area contributed by atoms with Crippen LogP contribution in [0.15, 0.2) is 0 Å². The van der Waals surface area contributed by atoms with E-state index in [4.69, 9.17) is 5.73 Å². The maximum atomic E-state index is 5.56. The second-order valence-electron chi connectivity index (χ2n) is 5.22. The summed E-state index contributed by atoms with van der Waals surface area (Å²) in [6.45, 7) is 8.00. The first-order valence-electron chi connectivity index (χ1n) is 5.25. The first kappa shape index (κ1) is 10.0. The number of nitrogens with two attached hydrogens (primary N) is 1. The van der Waals surface area contributed by atoms with Gasteiger partial charge in [-0.1, -0.05) is 20.8 Å². The van der Waals surface area contributed by atoms with E-state index >= 15 is 0 Å². The Kier molecular flexibility index (Phi) is 3.16. The van der Waals surface area contributed by atoms with E-state index < -0.39 is 0 Å². The van der Waals surface area contributed by atoms with Gasteiger partial charge in [-0.15, -0.1) is 0 Å². The maximum Gasteiger partial charge on any atom is -0.00746 e. The van der Waals surface area contributed by atoms with Gasteiger partial charge >= 0.3 is 0 Å². The highest BCUT2D eigenvalue weighted by Crippen LogP contribution is 2.44. The van der Waals surface area contributed by atoms with Gasteiger partial charge in [0.05, 0.1) is 0 Å². The van der Waals surface area contributed by atoms with Crippen molar-refractivity contribution in [2.75, 3.05) is 6.54 Å². The average molecular weight is 169 g/mol. The molecule has 0 radical (unpaired) electrons. The van der Waals surface area contributed by atoms with Gasteiger partial charge in [0.15, 0.2) is 0 Å². The van der Waals surface area contributed by atoms with E-state index in [0.29, 0.717) is 5.41 Å². The smallest absolute Gasteiger partial charge is 0.00746 e. The highest BCUT2D eigenvalue weighted by molar-refractivity contribution is 4.84. The van der Waals surface area contributed by atoms with Crippen molar-refractivity contribution in [3.8, 4) is 0 Å². The van der Waals surface area contributed by atoms with Crippen molar-refractivity contribution in [3.63, 3.8) is 0 Å². The monoisotopic (exact) mass is 169 g/mol. The third-order valence-corrected chi connectivity index (χ3v) is 3.43. The quantitative estimate of drug-likeness (QED) is 0.690. The lowest BCUT2D eigenvalue weighted by molar-refractivity contribution is 0.301. The van der Waals surface area contributed by atoms with E-state index in [1.165, 1.54) is 25.7 Å². The number of hydrogen-bond donors (Lipinski definition) is 1. The van der Waals surface area contributed by atoms with Gasteiger partial charge in [-0.3, -0.25) is 0 Å². The Bertz CT molecular complexity index is 140. The Morgan fingerprint density at radius 3 is 2.58 bits per heavy atom. The minimum absolute atomic E-state index is 0.605. The van der Waals surface area contributed by atoms with Crippen LogP contribution in [0.1, 0.15) is 46.5 Å². The predicted molar refractivity (Wildman–Crippen MR) is 54.0 cm³/mol. The van der Waals surface area contributed by atoms with E-state index in [-0.39, 0.29) is 0 Å². The van der Waals surface area contributed by atoms with Crippen LogP contribution in [0.3, 0.4) is 0 Å². The lowest BCUT2D eigenvalue weighted by Gasteiger charge is -2.21. The summed E-state index contributed by atoms with van der Waals surface area (Å²) in [5.74, 6) is 1.79. The SMILES string of the molecule is CC(CCN)C1CCC(C)(C)C1. The molecule has 1 fully saturated rings. The molecule has 1 heteroatoms. The predicted octanol–water partition coefficient (Wildman–Crippen LogP) is 2.80. The van der Waals surface area contributed by atoms with E-state index in [1.807, 2.05) is 0 Å². The van der Waals surface area contributed by atoms with Gasteiger partial charge in [0, 0.05) is 0 Å². The van der Waals surface area contributed by atoms with Crippen LogP contribution in [0.2, 0.25) is 0 Å². The highest BCUT2D eigenvalue weighted by atomic mass is 14.5. The Balaban J connectivity index is 2.36. The molecule has 0 amide bonds. The van der Waals surface area contributed by atoms with E-state index in [2.05, 4.69) is 20.8 Å². The fourth-order valence-electron chi connectivity index (χ4n) is 2.47. The zero-order chi connectivity index (χ0) is 9.19. The molecule has 1 rings (SSSR count). The lowest BCUT2D eigenvalue weighted by atomic mass is 9.85. The van der Waals surface area contributed by atoms with E-state index in [0.717, 1.165) is 18.4 Å². The summed E-state index contributed by atoms with van der Waals surface area (Å²) < 4.78 is 0. The van der Waals surface area contributed by atoms with Crippen LogP contribution in [0.25, 0.3) is 0 Å². The molecule has 0 aromatic carbocycles. The topological polar surface area (TPSA) is 26.0 Å². The molecule has 1 aliphatic rings. The molecule has 0 bridgehead atoms. The molecule has 12 heavy (non-hydrogen) atoms. The van der Waals surface area contributed by atoms with Crippen LogP contribution in [-0.4, -0.2) is 6.54 Å². The van der Waals surface area contributed by atoms with Crippen molar-refractivity contribution in [3.05, 3.63) is 0 Å². The van der Waals surface area contributed by atoms with Crippen LogP contribution in [0.4, 0.5) is 0 Å². The summed E-state index contributed by atoms with van der Waals surface area (Å²) in [4.78, 5) is 0. The highest BCUT2D eigenvalue weighted by Gasteiger charge is 2.33. The van der Waals surface area contributed by atoms with Gasteiger partial charge in [-0.05, 0) is 49.5 Å². The minimum Gasteiger partial charge on any atom is -0.330 e. The van der Waals surface area contributed by atoms with Crippen molar-refractivity contribution in [2.24, 2.45) is 23.0 Å². The molecule has 72 valence electrons. The Hall–Kier alpha value is -0.0400.